The molecule has 108 valence electrons. The number of anilines is 1. The summed E-state index contributed by atoms with van der Waals surface area (Å²) >= 11 is 2.95. The van der Waals surface area contributed by atoms with Crippen LogP contribution in [-0.4, -0.2) is 40.0 Å². The Balaban J connectivity index is 3.04. The van der Waals surface area contributed by atoms with Crippen LogP contribution in [0.1, 0.15) is 6.92 Å². The fraction of sp³-hybridized carbons (Fsp3) is 0.455. The molecule has 3 N–H and O–H groups in total. The van der Waals surface area contributed by atoms with E-state index in [1.165, 1.54) is 0 Å². The summed E-state index contributed by atoms with van der Waals surface area (Å²) < 4.78 is 40.1. The third-order valence-electron chi connectivity index (χ3n) is 2.34. The lowest BCUT2D eigenvalue weighted by atomic mass is 10.3. The summed E-state index contributed by atoms with van der Waals surface area (Å²) in [7, 11) is -0.0916. The highest BCUT2D eigenvalue weighted by atomic mass is 79.9. The molecule has 1 rings (SSSR count). The van der Waals surface area contributed by atoms with E-state index in [4.69, 9.17) is 5.73 Å². The first-order valence-corrected chi connectivity index (χ1v) is 7.82. The summed E-state index contributed by atoms with van der Waals surface area (Å²) in [6.07, 6.45) is 0. The van der Waals surface area contributed by atoms with Gasteiger partial charge in [-0.2, -0.15) is 0 Å². The van der Waals surface area contributed by atoms with Crippen LogP contribution in [0.5, 0.6) is 0 Å². The van der Waals surface area contributed by atoms with Gasteiger partial charge in [-0.3, -0.25) is 0 Å². The van der Waals surface area contributed by atoms with Crippen molar-refractivity contribution in [3.63, 3.8) is 0 Å². The number of halogens is 2. The van der Waals surface area contributed by atoms with Gasteiger partial charge in [0.05, 0.1) is 10.2 Å². The van der Waals surface area contributed by atoms with Crippen LogP contribution < -0.4 is 10.5 Å². The zero-order valence-corrected chi connectivity index (χ0v) is 13.3. The van der Waals surface area contributed by atoms with Gasteiger partial charge in [-0.25, -0.2) is 17.5 Å². The summed E-state index contributed by atoms with van der Waals surface area (Å²) in [5.41, 5.74) is 5.44. The average molecular weight is 354 g/mol. The van der Waals surface area contributed by atoms with Crippen LogP contribution in [0.25, 0.3) is 0 Å². The van der Waals surface area contributed by atoms with E-state index >= 15 is 0 Å². The highest BCUT2D eigenvalue weighted by molar-refractivity contribution is 9.10. The van der Waals surface area contributed by atoms with Crippen molar-refractivity contribution >= 4 is 31.6 Å². The van der Waals surface area contributed by atoms with Crippen LogP contribution in [0.2, 0.25) is 0 Å². The first-order valence-electron chi connectivity index (χ1n) is 5.55. The minimum Gasteiger partial charge on any atom is -0.398 e. The van der Waals surface area contributed by atoms with E-state index in [-0.39, 0.29) is 21.1 Å². The van der Waals surface area contributed by atoms with Crippen molar-refractivity contribution in [3.8, 4) is 0 Å². The number of nitrogens with one attached hydrogen (secondary N) is 1. The third-order valence-corrected chi connectivity index (χ3v) is 4.59. The maximum Gasteiger partial charge on any atom is 0.242 e. The molecule has 19 heavy (non-hydrogen) atoms. The number of nitrogens with zero attached hydrogens (tertiary/aromatic N) is 1. The van der Waals surface area contributed by atoms with Gasteiger partial charge >= 0.3 is 0 Å². The normalized spacial score (nSPS) is 13.8. The molecule has 0 saturated heterocycles. The Morgan fingerprint density at radius 2 is 2.05 bits per heavy atom. The molecule has 0 spiro atoms. The number of rotatable bonds is 5. The van der Waals surface area contributed by atoms with Crippen LogP contribution in [-0.2, 0) is 10.0 Å². The minimum absolute atomic E-state index is 0.0577. The monoisotopic (exact) mass is 353 g/mol. The average Bonchev–Trinajstić information content (AvgIpc) is 2.20. The van der Waals surface area contributed by atoms with Gasteiger partial charge in [-0.1, -0.05) is 0 Å². The lowest BCUT2D eigenvalue weighted by Gasteiger charge is -2.19. The summed E-state index contributed by atoms with van der Waals surface area (Å²) in [4.78, 5) is 1.73. The summed E-state index contributed by atoms with van der Waals surface area (Å²) in [5.74, 6) is -0.599. The van der Waals surface area contributed by atoms with Gasteiger partial charge in [-0.05, 0) is 49.1 Å². The largest absolute Gasteiger partial charge is 0.398 e. The Kier molecular flexibility index (Phi) is 5.31. The van der Waals surface area contributed by atoms with Crippen molar-refractivity contribution in [3.05, 3.63) is 22.4 Å². The minimum atomic E-state index is -3.77. The zero-order valence-electron chi connectivity index (χ0n) is 10.9. The standard InChI is InChI=1S/C11H17BrFN3O2S/c1-7(6-16(2)3)15-19(17,18)11-4-8(12)9(13)5-10(11)14/h4-5,7,15H,6,14H2,1-3H3. The highest BCUT2D eigenvalue weighted by Gasteiger charge is 2.22. The van der Waals surface area contributed by atoms with Crippen LogP contribution in [0.15, 0.2) is 21.5 Å². The lowest BCUT2D eigenvalue weighted by Crippen LogP contribution is -2.39. The molecular formula is C11H17BrFN3O2S. The molecule has 0 bridgehead atoms. The molecule has 0 heterocycles. The quantitative estimate of drug-likeness (QED) is 0.784. The summed E-state index contributed by atoms with van der Waals surface area (Å²) in [5, 5.41) is 0. The fourth-order valence-corrected chi connectivity index (χ4v) is 3.56. The van der Waals surface area contributed by atoms with E-state index in [0.29, 0.717) is 6.54 Å². The second-order valence-electron chi connectivity index (χ2n) is 4.59. The van der Waals surface area contributed by atoms with E-state index in [9.17, 15) is 12.8 Å². The molecule has 1 unspecified atom stereocenters. The Bertz CT molecular complexity index is 563. The van der Waals surface area contributed by atoms with E-state index in [1.54, 1.807) is 6.92 Å². The Labute approximate surface area is 121 Å². The van der Waals surface area contributed by atoms with Crippen molar-refractivity contribution < 1.29 is 12.8 Å². The molecule has 0 aliphatic heterocycles. The predicted molar refractivity (Wildman–Crippen MR) is 76.8 cm³/mol. The molecule has 1 atom stereocenters. The maximum absolute atomic E-state index is 13.2. The van der Waals surface area contributed by atoms with Gasteiger partial charge in [0.1, 0.15) is 10.7 Å². The molecule has 1 aromatic carbocycles. The number of benzene rings is 1. The second kappa shape index (κ2) is 6.17. The highest BCUT2D eigenvalue weighted by Crippen LogP contribution is 2.26. The predicted octanol–water partition coefficient (Wildman–Crippen LogP) is 1.40. The molecule has 8 heteroatoms. The van der Waals surface area contributed by atoms with Crippen LogP contribution in [0.4, 0.5) is 10.1 Å². The number of likely N-dealkylation sites (N-methyl/N-ethyl adjacent to an activating group) is 1. The fourth-order valence-electron chi connectivity index (χ4n) is 1.69. The Hall–Kier alpha value is -0.700. The van der Waals surface area contributed by atoms with Gasteiger partial charge in [0, 0.05) is 12.6 Å². The van der Waals surface area contributed by atoms with Gasteiger partial charge in [0.2, 0.25) is 10.0 Å². The zero-order chi connectivity index (χ0) is 14.8. The molecule has 0 aliphatic carbocycles. The van der Waals surface area contributed by atoms with Crippen LogP contribution in [0, 0.1) is 5.82 Å². The van der Waals surface area contributed by atoms with E-state index in [2.05, 4.69) is 20.7 Å². The molecule has 0 amide bonds. The molecule has 0 aromatic heterocycles. The number of hydrogen-bond donors (Lipinski definition) is 2. The topological polar surface area (TPSA) is 75.4 Å². The smallest absolute Gasteiger partial charge is 0.242 e. The van der Waals surface area contributed by atoms with Gasteiger partial charge in [0.25, 0.3) is 0 Å². The summed E-state index contributed by atoms with van der Waals surface area (Å²) in [6, 6.07) is 1.85. The first-order chi connectivity index (χ1) is 8.63. The number of sulfonamides is 1. The SMILES string of the molecule is CC(CN(C)C)NS(=O)(=O)c1cc(Br)c(F)cc1N. The van der Waals surface area contributed by atoms with Crippen LogP contribution in [0.3, 0.4) is 0 Å². The molecule has 0 fully saturated rings. The van der Waals surface area contributed by atoms with E-state index < -0.39 is 15.8 Å². The molecule has 0 radical (unpaired) electrons. The van der Waals surface area contributed by atoms with Crippen molar-refractivity contribution in [2.45, 2.75) is 17.9 Å². The third kappa shape index (κ3) is 4.41. The lowest BCUT2D eigenvalue weighted by molar-refractivity contribution is 0.370. The van der Waals surface area contributed by atoms with Gasteiger partial charge < -0.3 is 10.6 Å². The van der Waals surface area contributed by atoms with E-state index in [1.807, 2.05) is 19.0 Å². The van der Waals surface area contributed by atoms with Crippen LogP contribution >= 0.6 is 15.9 Å². The first kappa shape index (κ1) is 16.4. The maximum atomic E-state index is 13.2. The van der Waals surface area contributed by atoms with Gasteiger partial charge in [-0.15, -0.1) is 0 Å². The van der Waals surface area contributed by atoms with Crippen molar-refractivity contribution in [1.82, 2.24) is 9.62 Å². The molecule has 1 aromatic rings. The number of hydrogen-bond acceptors (Lipinski definition) is 4. The molecule has 0 saturated carbocycles. The number of nitrogens with two attached hydrogens (primary N) is 1. The number of nitrogen functional groups attached to an aromatic ring is 1. The van der Waals surface area contributed by atoms with Crippen molar-refractivity contribution in [2.24, 2.45) is 0 Å². The Morgan fingerprint density at radius 3 is 2.58 bits per heavy atom. The van der Waals surface area contributed by atoms with Crippen molar-refractivity contribution in [1.29, 1.82) is 0 Å². The van der Waals surface area contributed by atoms with Gasteiger partial charge in [0.15, 0.2) is 0 Å². The Morgan fingerprint density at radius 1 is 1.47 bits per heavy atom. The second-order valence-corrected chi connectivity index (χ2v) is 7.13. The molecular weight excluding hydrogens is 337 g/mol. The molecule has 0 aliphatic rings. The van der Waals surface area contributed by atoms with Crippen molar-refractivity contribution in [2.75, 3.05) is 26.4 Å². The summed E-state index contributed by atoms with van der Waals surface area (Å²) in [6.45, 7) is 2.29. The van der Waals surface area contributed by atoms with E-state index in [0.717, 1.165) is 12.1 Å². The molecule has 5 nitrogen and oxygen atoms in total.